The average molecular weight is 142 g/mol. The van der Waals surface area contributed by atoms with Crippen LogP contribution in [0.1, 0.15) is 39.0 Å². The van der Waals surface area contributed by atoms with Crippen LogP contribution in [0.3, 0.4) is 0 Å². The summed E-state index contributed by atoms with van der Waals surface area (Å²) < 4.78 is 0. The number of allylic oxidation sites excluding steroid dienone is 1. The van der Waals surface area contributed by atoms with Crippen LogP contribution < -0.4 is 0 Å². The molecule has 0 bridgehead atoms. The first-order chi connectivity index (χ1) is 4.91. The van der Waals surface area contributed by atoms with Gasteiger partial charge in [-0.25, -0.2) is 0 Å². The van der Waals surface area contributed by atoms with Crippen molar-refractivity contribution in [3.63, 3.8) is 0 Å². The van der Waals surface area contributed by atoms with Crippen LogP contribution in [0.15, 0.2) is 12.2 Å². The first-order valence-corrected chi connectivity index (χ1v) is 4.17. The Morgan fingerprint density at radius 2 is 1.80 bits per heavy atom. The second-order valence-corrected chi connectivity index (χ2v) is 2.48. The fraction of sp³-hybridized carbons (Fsp3) is 0.778. The fourth-order valence-corrected chi connectivity index (χ4v) is 0.822. The van der Waals surface area contributed by atoms with Crippen LogP contribution >= 0.6 is 0 Å². The molecule has 0 aromatic heterocycles. The molecule has 0 saturated heterocycles. The molecular formula is C9H18O. The molecule has 0 aromatic rings. The number of rotatable bonds is 6. The van der Waals surface area contributed by atoms with Gasteiger partial charge in [-0.1, -0.05) is 31.9 Å². The van der Waals surface area contributed by atoms with Gasteiger partial charge in [0.15, 0.2) is 0 Å². The third-order valence-electron chi connectivity index (χ3n) is 1.44. The van der Waals surface area contributed by atoms with Crippen molar-refractivity contribution < 1.29 is 5.11 Å². The Labute approximate surface area is 63.8 Å². The van der Waals surface area contributed by atoms with E-state index in [0.717, 1.165) is 6.42 Å². The number of unbranched alkanes of at least 4 members (excludes halogenated alkanes) is 3. The summed E-state index contributed by atoms with van der Waals surface area (Å²) in [5.74, 6) is 0. The van der Waals surface area contributed by atoms with Gasteiger partial charge in [0.05, 0.1) is 0 Å². The monoisotopic (exact) mass is 142 g/mol. The highest BCUT2D eigenvalue weighted by atomic mass is 16.2. The van der Waals surface area contributed by atoms with E-state index in [4.69, 9.17) is 5.11 Å². The zero-order chi connectivity index (χ0) is 7.66. The van der Waals surface area contributed by atoms with Gasteiger partial charge >= 0.3 is 0 Å². The van der Waals surface area contributed by atoms with E-state index in [1.54, 1.807) is 0 Å². The summed E-state index contributed by atoms with van der Waals surface area (Å²) in [5, 5.41) is 8.42. The maximum absolute atomic E-state index is 8.42. The summed E-state index contributed by atoms with van der Waals surface area (Å²) in [5.41, 5.74) is 0. The minimum Gasteiger partial charge on any atom is -0.396 e. The van der Waals surface area contributed by atoms with Crippen molar-refractivity contribution in [1.82, 2.24) is 0 Å². The van der Waals surface area contributed by atoms with E-state index in [1.165, 1.54) is 25.7 Å². The van der Waals surface area contributed by atoms with Gasteiger partial charge in [0.2, 0.25) is 0 Å². The van der Waals surface area contributed by atoms with Gasteiger partial charge in [-0.3, -0.25) is 0 Å². The zero-order valence-electron chi connectivity index (χ0n) is 6.84. The summed E-state index contributed by atoms with van der Waals surface area (Å²) in [4.78, 5) is 0. The maximum atomic E-state index is 8.42. The second-order valence-electron chi connectivity index (χ2n) is 2.48. The summed E-state index contributed by atoms with van der Waals surface area (Å²) in [7, 11) is 0. The molecule has 10 heavy (non-hydrogen) atoms. The van der Waals surface area contributed by atoms with Crippen molar-refractivity contribution in [3.8, 4) is 0 Å². The Kier molecular flexibility index (Phi) is 8.44. The fourth-order valence-electron chi connectivity index (χ4n) is 0.822. The molecule has 0 atom stereocenters. The maximum Gasteiger partial charge on any atom is 0.0465 e. The molecule has 60 valence electrons. The first kappa shape index (κ1) is 9.70. The Hall–Kier alpha value is -0.300. The van der Waals surface area contributed by atoms with Gasteiger partial charge in [-0.15, -0.1) is 0 Å². The summed E-state index contributed by atoms with van der Waals surface area (Å²) in [6.07, 6.45) is 10.1. The molecule has 0 spiro atoms. The Bertz CT molecular complexity index is 76.8. The lowest BCUT2D eigenvalue weighted by Gasteiger charge is -1.90. The second kappa shape index (κ2) is 8.70. The van der Waals surface area contributed by atoms with Gasteiger partial charge in [-0.05, 0) is 19.3 Å². The van der Waals surface area contributed by atoms with Crippen LogP contribution in [-0.2, 0) is 0 Å². The largest absolute Gasteiger partial charge is 0.396 e. The van der Waals surface area contributed by atoms with E-state index >= 15 is 0 Å². The van der Waals surface area contributed by atoms with Gasteiger partial charge < -0.3 is 5.11 Å². The summed E-state index contributed by atoms with van der Waals surface area (Å²) >= 11 is 0. The first-order valence-electron chi connectivity index (χ1n) is 4.17. The SMILES string of the molecule is CCCCCC=CCCO. The Morgan fingerprint density at radius 3 is 2.40 bits per heavy atom. The van der Waals surface area contributed by atoms with Crippen molar-refractivity contribution in [1.29, 1.82) is 0 Å². The van der Waals surface area contributed by atoms with E-state index in [2.05, 4.69) is 19.1 Å². The van der Waals surface area contributed by atoms with E-state index in [0.29, 0.717) is 0 Å². The van der Waals surface area contributed by atoms with Gasteiger partial charge in [0, 0.05) is 6.61 Å². The molecule has 1 N–H and O–H groups in total. The number of aliphatic hydroxyl groups is 1. The molecule has 0 rings (SSSR count). The van der Waals surface area contributed by atoms with Gasteiger partial charge in [0.25, 0.3) is 0 Å². The molecule has 0 unspecified atom stereocenters. The van der Waals surface area contributed by atoms with Crippen LogP contribution in [0, 0.1) is 0 Å². The van der Waals surface area contributed by atoms with Crippen molar-refractivity contribution in [3.05, 3.63) is 12.2 Å². The quantitative estimate of drug-likeness (QED) is 0.446. The minimum absolute atomic E-state index is 0.282. The number of aliphatic hydroxyl groups excluding tert-OH is 1. The normalized spacial score (nSPS) is 11.0. The summed E-state index contributed by atoms with van der Waals surface area (Å²) in [6, 6.07) is 0. The smallest absolute Gasteiger partial charge is 0.0465 e. The lowest BCUT2D eigenvalue weighted by atomic mass is 10.2. The van der Waals surface area contributed by atoms with Gasteiger partial charge in [-0.2, -0.15) is 0 Å². The van der Waals surface area contributed by atoms with Crippen molar-refractivity contribution in [2.75, 3.05) is 6.61 Å². The third kappa shape index (κ3) is 7.70. The van der Waals surface area contributed by atoms with E-state index in [9.17, 15) is 0 Å². The highest BCUT2D eigenvalue weighted by Crippen LogP contribution is 1.99. The Balaban J connectivity index is 2.88. The van der Waals surface area contributed by atoms with E-state index in [1.807, 2.05) is 0 Å². The molecule has 0 aromatic carbocycles. The predicted octanol–water partition coefficient (Wildman–Crippen LogP) is 2.51. The molecule has 0 radical (unpaired) electrons. The van der Waals surface area contributed by atoms with E-state index in [-0.39, 0.29) is 6.61 Å². The zero-order valence-corrected chi connectivity index (χ0v) is 6.84. The molecule has 0 aliphatic carbocycles. The summed E-state index contributed by atoms with van der Waals surface area (Å²) in [6.45, 7) is 2.49. The Morgan fingerprint density at radius 1 is 1.10 bits per heavy atom. The van der Waals surface area contributed by atoms with Crippen molar-refractivity contribution in [2.45, 2.75) is 39.0 Å². The van der Waals surface area contributed by atoms with E-state index < -0.39 is 0 Å². The van der Waals surface area contributed by atoms with Crippen LogP contribution in [-0.4, -0.2) is 11.7 Å². The van der Waals surface area contributed by atoms with Crippen molar-refractivity contribution in [2.24, 2.45) is 0 Å². The lowest BCUT2D eigenvalue weighted by Crippen LogP contribution is -1.76. The van der Waals surface area contributed by atoms with Gasteiger partial charge in [0.1, 0.15) is 0 Å². The molecule has 0 heterocycles. The molecule has 0 fully saturated rings. The highest BCUT2D eigenvalue weighted by Gasteiger charge is 1.80. The predicted molar refractivity (Wildman–Crippen MR) is 45.0 cm³/mol. The lowest BCUT2D eigenvalue weighted by molar-refractivity contribution is 0.302. The van der Waals surface area contributed by atoms with Crippen molar-refractivity contribution >= 4 is 0 Å². The standard InChI is InChI=1S/C9H18O/c1-2-3-4-5-6-7-8-9-10/h6-7,10H,2-5,8-9H2,1H3. The van der Waals surface area contributed by atoms with Crippen LogP contribution in [0.25, 0.3) is 0 Å². The minimum atomic E-state index is 0.282. The number of hydrogen-bond acceptors (Lipinski definition) is 1. The van der Waals surface area contributed by atoms with Crippen LogP contribution in [0.2, 0.25) is 0 Å². The molecule has 0 aliphatic rings. The molecule has 1 heteroatoms. The highest BCUT2D eigenvalue weighted by molar-refractivity contribution is 4.80. The van der Waals surface area contributed by atoms with Crippen LogP contribution in [0.4, 0.5) is 0 Å². The number of hydrogen-bond donors (Lipinski definition) is 1. The third-order valence-corrected chi connectivity index (χ3v) is 1.44. The molecule has 0 amide bonds. The molecule has 0 saturated carbocycles. The van der Waals surface area contributed by atoms with Crippen LogP contribution in [0.5, 0.6) is 0 Å². The molecular weight excluding hydrogens is 124 g/mol. The molecule has 0 aliphatic heterocycles. The topological polar surface area (TPSA) is 20.2 Å². The average Bonchev–Trinajstić information content (AvgIpc) is 1.97. The molecule has 1 nitrogen and oxygen atoms in total.